The molecule has 6 heteroatoms. The molecule has 6 nitrogen and oxygen atoms in total. The van der Waals surface area contributed by atoms with Gasteiger partial charge < -0.3 is 9.47 Å². The van der Waals surface area contributed by atoms with Crippen molar-refractivity contribution in [1.82, 2.24) is 5.48 Å². The van der Waals surface area contributed by atoms with Crippen LogP contribution in [0.1, 0.15) is 17.5 Å². The zero-order valence-corrected chi connectivity index (χ0v) is 14.5. The number of nitrogens with one attached hydrogen (secondary N) is 1. The van der Waals surface area contributed by atoms with Crippen LogP contribution in [0.25, 0.3) is 0 Å². The van der Waals surface area contributed by atoms with Gasteiger partial charge in [-0.05, 0) is 36.1 Å². The van der Waals surface area contributed by atoms with Crippen LogP contribution in [0.5, 0.6) is 5.75 Å². The van der Waals surface area contributed by atoms with Gasteiger partial charge in [-0.25, -0.2) is 5.48 Å². The van der Waals surface area contributed by atoms with E-state index in [1.165, 1.54) is 7.11 Å². The van der Waals surface area contributed by atoms with Crippen LogP contribution in [-0.2, 0) is 27.4 Å². The quantitative estimate of drug-likeness (QED) is 0.453. The monoisotopic (exact) mass is 355 g/mol. The Morgan fingerprint density at radius 3 is 2.58 bits per heavy atom. The van der Waals surface area contributed by atoms with Crippen molar-refractivity contribution in [3.63, 3.8) is 0 Å². The molecule has 1 fully saturated rings. The summed E-state index contributed by atoms with van der Waals surface area (Å²) in [5.74, 6) is -0.905. The minimum Gasteiger partial charge on any atom is -0.489 e. The summed E-state index contributed by atoms with van der Waals surface area (Å²) in [5, 5.41) is 8.85. The molecule has 1 aliphatic carbocycles. The number of benzene rings is 2. The number of hydroxylamine groups is 1. The SMILES string of the molecule is COC(=O)[C@]1(Cc2cccc(OCc3ccccc3)c2)C[C@H]1C(=O)NO. The molecule has 0 saturated heterocycles. The van der Waals surface area contributed by atoms with Crippen molar-refractivity contribution in [2.45, 2.75) is 19.4 Å². The van der Waals surface area contributed by atoms with Crippen molar-refractivity contribution in [2.75, 3.05) is 7.11 Å². The van der Waals surface area contributed by atoms with E-state index in [0.717, 1.165) is 11.1 Å². The van der Waals surface area contributed by atoms with Gasteiger partial charge >= 0.3 is 5.97 Å². The third kappa shape index (κ3) is 3.70. The highest BCUT2D eigenvalue weighted by molar-refractivity contribution is 5.93. The van der Waals surface area contributed by atoms with Crippen molar-refractivity contribution >= 4 is 11.9 Å². The fourth-order valence-corrected chi connectivity index (χ4v) is 3.27. The van der Waals surface area contributed by atoms with Gasteiger partial charge in [0.05, 0.1) is 18.4 Å². The minimum atomic E-state index is -0.931. The molecule has 0 bridgehead atoms. The van der Waals surface area contributed by atoms with Gasteiger partial charge in [0.2, 0.25) is 5.91 Å². The van der Waals surface area contributed by atoms with Crippen molar-refractivity contribution in [2.24, 2.45) is 11.3 Å². The summed E-state index contributed by atoms with van der Waals surface area (Å²) in [7, 11) is 1.30. The molecule has 2 aromatic carbocycles. The van der Waals surface area contributed by atoms with E-state index >= 15 is 0 Å². The summed E-state index contributed by atoms with van der Waals surface area (Å²) in [4.78, 5) is 23.9. The van der Waals surface area contributed by atoms with Gasteiger partial charge in [-0.3, -0.25) is 14.8 Å². The zero-order valence-electron chi connectivity index (χ0n) is 14.5. The second-order valence-corrected chi connectivity index (χ2v) is 6.48. The maximum Gasteiger partial charge on any atom is 0.312 e. The predicted molar refractivity (Wildman–Crippen MR) is 93.4 cm³/mol. The molecular weight excluding hydrogens is 334 g/mol. The summed E-state index contributed by atoms with van der Waals surface area (Å²) in [6, 6.07) is 17.3. The third-order valence-corrected chi connectivity index (χ3v) is 4.76. The molecule has 2 aromatic rings. The number of ether oxygens (including phenoxy) is 2. The van der Waals surface area contributed by atoms with Gasteiger partial charge in [-0.2, -0.15) is 0 Å². The highest BCUT2D eigenvalue weighted by Gasteiger charge is 2.64. The lowest BCUT2D eigenvalue weighted by atomic mass is 9.93. The molecule has 0 aliphatic heterocycles. The number of methoxy groups -OCH3 is 1. The second-order valence-electron chi connectivity index (χ2n) is 6.48. The van der Waals surface area contributed by atoms with E-state index in [9.17, 15) is 9.59 Å². The van der Waals surface area contributed by atoms with Gasteiger partial charge in [0.25, 0.3) is 0 Å². The van der Waals surface area contributed by atoms with Gasteiger partial charge in [-0.15, -0.1) is 0 Å². The lowest BCUT2D eigenvalue weighted by Gasteiger charge is -2.15. The Morgan fingerprint density at radius 2 is 1.88 bits per heavy atom. The topological polar surface area (TPSA) is 84.9 Å². The zero-order chi connectivity index (χ0) is 18.6. The molecule has 1 saturated carbocycles. The fraction of sp³-hybridized carbons (Fsp3) is 0.300. The van der Waals surface area contributed by atoms with Crippen molar-refractivity contribution in [1.29, 1.82) is 0 Å². The summed E-state index contributed by atoms with van der Waals surface area (Å²) < 4.78 is 10.7. The molecule has 2 atom stereocenters. The first-order valence-corrected chi connectivity index (χ1v) is 8.37. The smallest absolute Gasteiger partial charge is 0.312 e. The van der Waals surface area contributed by atoms with Crippen LogP contribution >= 0.6 is 0 Å². The van der Waals surface area contributed by atoms with E-state index in [1.807, 2.05) is 54.6 Å². The van der Waals surface area contributed by atoms with E-state index in [-0.39, 0.29) is 0 Å². The lowest BCUT2D eigenvalue weighted by molar-refractivity contribution is -0.149. The van der Waals surface area contributed by atoms with Gasteiger partial charge in [0, 0.05) is 0 Å². The maximum absolute atomic E-state index is 12.2. The molecule has 136 valence electrons. The van der Waals surface area contributed by atoms with Gasteiger partial charge in [0.15, 0.2) is 0 Å². The van der Waals surface area contributed by atoms with Crippen LogP contribution in [0, 0.1) is 11.3 Å². The maximum atomic E-state index is 12.2. The summed E-state index contributed by atoms with van der Waals surface area (Å²) in [5.41, 5.74) is 2.62. The van der Waals surface area contributed by atoms with E-state index in [0.29, 0.717) is 25.2 Å². The minimum absolute atomic E-state index is 0.348. The Bertz CT molecular complexity index is 792. The summed E-state index contributed by atoms with van der Waals surface area (Å²) in [6.07, 6.45) is 0.696. The van der Waals surface area contributed by atoms with Crippen molar-refractivity contribution in [3.05, 3.63) is 65.7 Å². The molecule has 0 heterocycles. The summed E-state index contributed by atoms with van der Waals surface area (Å²) in [6.45, 7) is 0.446. The summed E-state index contributed by atoms with van der Waals surface area (Å²) >= 11 is 0. The Balaban J connectivity index is 1.71. The normalized spacial score (nSPS) is 20.9. The van der Waals surface area contributed by atoms with E-state index in [1.54, 1.807) is 5.48 Å². The third-order valence-electron chi connectivity index (χ3n) is 4.76. The predicted octanol–water partition coefficient (Wildman–Crippen LogP) is 2.49. The molecule has 0 radical (unpaired) electrons. The first-order valence-electron chi connectivity index (χ1n) is 8.37. The van der Waals surface area contributed by atoms with E-state index in [4.69, 9.17) is 14.7 Å². The van der Waals surface area contributed by atoms with Crippen LogP contribution in [0.3, 0.4) is 0 Å². The number of carbonyl (C=O) groups is 2. The Kier molecular flexibility index (Phi) is 5.23. The molecule has 2 N–H and O–H groups in total. The first kappa shape index (κ1) is 17.9. The van der Waals surface area contributed by atoms with E-state index < -0.39 is 23.2 Å². The van der Waals surface area contributed by atoms with Crippen LogP contribution in [-0.4, -0.2) is 24.2 Å². The van der Waals surface area contributed by atoms with Crippen LogP contribution < -0.4 is 10.2 Å². The van der Waals surface area contributed by atoms with Crippen LogP contribution in [0.15, 0.2) is 54.6 Å². The molecule has 1 amide bonds. The van der Waals surface area contributed by atoms with Gasteiger partial charge in [-0.1, -0.05) is 42.5 Å². The van der Waals surface area contributed by atoms with Crippen LogP contribution in [0.4, 0.5) is 0 Å². The fourth-order valence-electron chi connectivity index (χ4n) is 3.27. The highest BCUT2D eigenvalue weighted by Crippen LogP contribution is 2.55. The number of esters is 1. The Morgan fingerprint density at radius 1 is 1.15 bits per heavy atom. The lowest BCUT2D eigenvalue weighted by Crippen LogP contribution is -2.30. The molecule has 0 unspecified atom stereocenters. The average molecular weight is 355 g/mol. The van der Waals surface area contributed by atoms with E-state index in [2.05, 4.69) is 0 Å². The number of hydrogen-bond donors (Lipinski definition) is 2. The average Bonchev–Trinajstić information content (AvgIpc) is 3.41. The van der Waals surface area contributed by atoms with Crippen molar-refractivity contribution in [3.8, 4) is 5.75 Å². The molecular formula is C20H21NO5. The second kappa shape index (κ2) is 7.58. The molecule has 0 spiro atoms. The number of hydrogen-bond acceptors (Lipinski definition) is 5. The van der Waals surface area contributed by atoms with Crippen LogP contribution in [0.2, 0.25) is 0 Å². The Labute approximate surface area is 151 Å². The van der Waals surface area contributed by atoms with Crippen molar-refractivity contribution < 1.29 is 24.3 Å². The number of amides is 1. The molecule has 3 rings (SSSR count). The molecule has 1 aliphatic rings. The first-order chi connectivity index (χ1) is 12.6. The number of carbonyl (C=O) groups excluding carboxylic acids is 2. The number of rotatable bonds is 7. The largest absolute Gasteiger partial charge is 0.489 e. The molecule has 26 heavy (non-hydrogen) atoms. The Hall–Kier alpha value is -2.86. The standard InChI is InChI=1S/C20H21NO5/c1-25-19(23)20(12-17(20)18(22)21-24)11-15-8-5-9-16(10-15)26-13-14-6-3-2-4-7-14/h2-10,17,24H,11-13H2,1H3,(H,21,22)/t17-,20+/m0/s1. The molecule has 0 aromatic heterocycles. The van der Waals surface area contributed by atoms with Gasteiger partial charge in [0.1, 0.15) is 12.4 Å². The highest BCUT2D eigenvalue weighted by atomic mass is 16.5.